The van der Waals surface area contributed by atoms with Crippen molar-refractivity contribution in [1.29, 1.82) is 0 Å². The first-order valence-corrected chi connectivity index (χ1v) is 10.8. The van der Waals surface area contributed by atoms with Gasteiger partial charge in [-0.25, -0.2) is 4.39 Å². The lowest BCUT2D eigenvalue weighted by atomic mass is 9.93. The topological polar surface area (TPSA) is 21.7 Å². The number of fused-ring (bicyclic) bond motifs is 1. The van der Waals surface area contributed by atoms with Crippen LogP contribution in [-0.4, -0.2) is 23.1 Å². The lowest BCUT2D eigenvalue weighted by Gasteiger charge is -2.37. The van der Waals surface area contributed by atoms with Gasteiger partial charge in [0.2, 0.25) is 0 Å². The molecule has 0 N–H and O–H groups in total. The molecule has 3 aromatic rings. The van der Waals surface area contributed by atoms with Crippen molar-refractivity contribution in [2.24, 2.45) is 0 Å². The normalized spacial score (nSPS) is 16.6. The first-order valence-electron chi connectivity index (χ1n) is 10.8. The third kappa shape index (κ3) is 5.86. The SMILES string of the molecule is CC(C)(C)Oc1ccc(OCC2Cc3cc(F)ccc3CN2Cc2ccccc2)cc1. The van der Waals surface area contributed by atoms with E-state index in [0.29, 0.717) is 6.61 Å². The molecule has 1 aliphatic heterocycles. The second-order valence-electron chi connectivity index (χ2n) is 9.16. The Morgan fingerprint density at radius 3 is 2.32 bits per heavy atom. The Kier molecular flexibility index (Phi) is 6.28. The van der Waals surface area contributed by atoms with Gasteiger partial charge in [0.15, 0.2) is 0 Å². The molecule has 0 aliphatic carbocycles. The van der Waals surface area contributed by atoms with Crippen molar-refractivity contribution < 1.29 is 13.9 Å². The highest BCUT2D eigenvalue weighted by Gasteiger charge is 2.27. The maximum Gasteiger partial charge on any atom is 0.123 e. The van der Waals surface area contributed by atoms with Gasteiger partial charge in [0.05, 0.1) is 0 Å². The number of rotatable bonds is 6. The zero-order valence-corrected chi connectivity index (χ0v) is 18.5. The van der Waals surface area contributed by atoms with Crippen molar-refractivity contribution in [3.63, 3.8) is 0 Å². The first-order chi connectivity index (χ1) is 14.9. The molecular weight excluding hydrogens is 389 g/mol. The number of halogens is 1. The minimum atomic E-state index is -0.231. The summed E-state index contributed by atoms with van der Waals surface area (Å²) in [6, 6.07) is 23.5. The molecule has 1 atom stereocenters. The summed E-state index contributed by atoms with van der Waals surface area (Å²) in [6.07, 6.45) is 0.769. The molecule has 0 saturated heterocycles. The van der Waals surface area contributed by atoms with Crippen LogP contribution in [0.3, 0.4) is 0 Å². The predicted molar refractivity (Wildman–Crippen MR) is 122 cm³/mol. The number of ether oxygens (including phenoxy) is 2. The quantitative estimate of drug-likeness (QED) is 0.488. The van der Waals surface area contributed by atoms with E-state index in [4.69, 9.17) is 9.47 Å². The zero-order valence-electron chi connectivity index (χ0n) is 18.5. The molecule has 1 heterocycles. The van der Waals surface area contributed by atoms with E-state index in [-0.39, 0.29) is 17.5 Å². The fourth-order valence-electron chi connectivity index (χ4n) is 3.99. The van der Waals surface area contributed by atoms with Crippen molar-refractivity contribution >= 4 is 0 Å². The standard InChI is InChI=1S/C27H30FNO2/c1-27(2,3)31-26-13-11-25(12-14-26)30-19-24-16-22-15-23(28)10-9-21(22)18-29(24)17-20-7-5-4-6-8-20/h4-15,24H,16-19H2,1-3H3. The Morgan fingerprint density at radius 1 is 0.903 bits per heavy atom. The minimum absolute atomic E-state index is 0.167. The van der Waals surface area contributed by atoms with E-state index in [9.17, 15) is 4.39 Å². The van der Waals surface area contributed by atoms with Gasteiger partial charge in [-0.1, -0.05) is 36.4 Å². The fraction of sp³-hybridized carbons (Fsp3) is 0.333. The maximum atomic E-state index is 13.8. The van der Waals surface area contributed by atoms with Crippen molar-refractivity contribution in [2.45, 2.75) is 51.9 Å². The number of nitrogens with zero attached hydrogens (tertiary/aromatic N) is 1. The van der Waals surface area contributed by atoms with Crippen LogP contribution in [0, 0.1) is 5.82 Å². The van der Waals surface area contributed by atoms with Crippen molar-refractivity contribution in [1.82, 2.24) is 4.90 Å². The summed E-state index contributed by atoms with van der Waals surface area (Å²) in [5.74, 6) is 1.46. The van der Waals surface area contributed by atoms with Gasteiger partial charge < -0.3 is 9.47 Å². The Morgan fingerprint density at radius 2 is 1.61 bits per heavy atom. The molecule has 3 nitrogen and oxygen atoms in total. The van der Waals surface area contributed by atoms with Gasteiger partial charge in [0.1, 0.15) is 29.5 Å². The molecule has 0 spiro atoms. The molecule has 4 heteroatoms. The van der Waals surface area contributed by atoms with Crippen molar-refractivity contribution in [3.05, 3.63) is 95.3 Å². The van der Waals surface area contributed by atoms with Crippen LogP contribution in [0.25, 0.3) is 0 Å². The van der Waals surface area contributed by atoms with Gasteiger partial charge in [-0.2, -0.15) is 0 Å². The molecule has 162 valence electrons. The van der Waals surface area contributed by atoms with Crippen LogP contribution in [-0.2, 0) is 19.5 Å². The number of benzene rings is 3. The molecule has 0 fully saturated rings. The molecule has 0 amide bonds. The van der Waals surface area contributed by atoms with Crippen LogP contribution < -0.4 is 9.47 Å². The monoisotopic (exact) mass is 419 g/mol. The second kappa shape index (κ2) is 9.11. The van der Waals surface area contributed by atoms with Crippen LogP contribution in [0.4, 0.5) is 4.39 Å². The Balaban J connectivity index is 1.47. The smallest absolute Gasteiger partial charge is 0.123 e. The minimum Gasteiger partial charge on any atom is -0.492 e. The van der Waals surface area contributed by atoms with E-state index >= 15 is 0 Å². The summed E-state index contributed by atoms with van der Waals surface area (Å²) >= 11 is 0. The lowest BCUT2D eigenvalue weighted by Crippen LogP contribution is -2.43. The van der Waals surface area contributed by atoms with Crippen LogP contribution in [0.15, 0.2) is 72.8 Å². The largest absolute Gasteiger partial charge is 0.492 e. The highest BCUT2D eigenvalue weighted by molar-refractivity contribution is 5.33. The molecule has 31 heavy (non-hydrogen) atoms. The Labute approximate surface area is 184 Å². The predicted octanol–water partition coefficient (Wildman–Crippen LogP) is 6.01. The number of hydrogen-bond acceptors (Lipinski definition) is 3. The van der Waals surface area contributed by atoms with Crippen LogP contribution in [0.5, 0.6) is 11.5 Å². The Hall–Kier alpha value is -2.85. The summed E-state index contributed by atoms with van der Waals surface area (Å²) in [4.78, 5) is 2.42. The fourth-order valence-corrected chi connectivity index (χ4v) is 3.99. The van der Waals surface area contributed by atoms with E-state index in [0.717, 1.165) is 36.6 Å². The second-order valence-corrected chi connectivity index (χ2v) is 9.16. The molecule has 3 aromatic carbocycles. The van der Waals surface area contributed by atoms with Gasteiger partial charge >= 0.3 is 0 Å². The molecule has 4 rings (SSSR count). The zero-order chi connectivity index (χ0) is 21.8. The summed E-state index contributed by atoms with van der Waals surface area (Å²) < 4.78 is 25.9. The van der Waals surface area contributed by atoms with E-state index in [1.165, 1.54) is 11.1 Å². The molecule has 1 unspecified atom stereocenters. The Bertz CT molecular complexity index is 996. The number of hydrogen-bond donors (Lipinski definition) is 0. The van der Waals surface area contributed by atoms with Crippen LogP contribution in [0.2, 0.25) is 0 Å². The van der Waals surface area contributed by atoms with Gasteiger partial charge in [-0.05, 0) is 80.3 Å². The van der Waals surface area contributed by atoms with Crippen LogP contribution >= 0.6 is 0 Å². The van der Waals surface area contributed by atoms with Gasteiger partial charge in [-0.3, -0.25) is 4.90 Å². The van der Waals surface area contributed by atoms with Gasteiger partial charge in [0, 0.05) is 19.1 Å². The highest BCUT2D eigenvalue weighted by atomic mass is 19.1. The third-order valence-corrected chi connectivity index (χ3v) is 5.43. The maximum absolute atomic E-state index is 13.8. The van der Waals surface area contributed by atoms with E-state index in [2.05, 4.69) is 29.2 Å². The molecule has 0 radical (unpaired) electrons. The molecule has 0 saturated carbocycles. The van der Waals surface area contributed by atoms with Gasteiger partial charge in [0.25, 0.3) is 0 Å². The van der Waals surface area contributed by atoms with Gasteiger partial charge in [-0.15, -0.1) is 0 Å². The van der Waals surface area contributed by atoms with Crippen molar-refractivity contribution in [2.75, 3.05) is 6.61 Å². The third-order valence-electron chi connectivity index (χ3n) is 5.43. The summed E-state index contributed by atoms with van der Waals surface area (Å²) in [5.41, 5.74) is 3.30. The summed E-state index contributed by atoms with van der Waals surface area (Å²) in [7, 11) is 0. The van der Waals surface area contributed by atoms with E-state index in [1.54, 1.807) is 12.1 Å². The average Bonchev–Trinajstić information content (AvgIpc) is 2.73. The molecule has 0 bridgehead atoms. The molecule has 1 aliphatic rings. The van der Waals surface area contributed by atoms with Crippen LogP contribution in [0.1, 0.15) is 37.5 Å². The van der Waals surface area contributed by atoms with Crippen molar-refractivity contribution in [3.8, 4) is 11.5 Å². The highest BCUT2D eigenvalue weighted by Crippen LogP contribution is 2.27. The summed E-state index contributed by atoms with van der Waals surface area (Å²) in [5, 5.41) is 0. The summed E-state index contributed by atoms with van der Waals surface area (Å²) in [6.45, 7) is 8.26. The van der Waals surface area contributed by atoms with E-state index < -0.39 is 0 Å². The molecular formula is C27H30FNO2. The molecule has 0 aromatic heterocycles. The van der Waals surface area contributed by atoms with E-state index in [1.807, 2.05) is 57.2 Å². The lowest BCUT2D eigenvalue weighted by molar-refractivity contribution is 0.109. The first kappa shape index (κ1) is 21.4. The average molecular weight is 420 g/mol.